The molecule has 4 nitrogen and oxygen atoms in total. The van der Waals surface area contributed by atoms with Gasteiger partial charge in [-0.2, -0.15) is 0 Å². The van der Waals surface area contributed by atoms with Gasteiger partial charge in [0, 0.05) is 11.3 Å². The minimum absolute atomic E-state index is 0.106. The van der Waals surface area contributed by atoms with E-state index >= 15 is 0 Å². The van der Waals surface area contributed by atoms with Crippen molar-refractivity contribution in [2.45, 2.75) is 13.0 Å². The number of benzene rings is 2. The van der Waals surface area contributed by atoms with E-state index < -0.39 is 12.0 Å². The lowest BCUT2D eigenvalue weighted by atomic mass is 10.0. The Balaban J connectivity index is 2.35. The largest absolute Gasteiger partial charge is 0.479 e. The minimum atomic E-state index is -0.991. The van der Waals surface area contributed by atoms with Crippen molar-refractivity contribution < 1.29 is 14.7 Å². The summed E-state index contributed by atoms with van der Waals surface area (Å²) in [6.45, 7) is 1.46. The number of ketones is 1. The van der Waals surface area contributed by atoms with Crippen molar-refractivity contribution in [3.63, 3.8) is 0 Å². The number of aliphatic carboxylic acids is 1. The van der Waals surface area contributed by atoms with Crippen LogP contribution in [0.4, 0.5) is 5.69 Å². The van der Waals surface area contributed by atoms with Crippen LogP contribution in [-0.2, 0) is 4.79 Å². The summed E-state index contributed by atoms with van der Waals surface area (Å²) in [5, 5.41) is 12.3. The number of carbonyl (C=O) groups is 2. The second-order valence-electron chi connectivity index (χ2n) is 4.43. The van der Waals surface area contributed by atoms with Gasteiger partial charge in [0.05, 0.1) is 0 Å². The highest BCUT2D eigenvalue weighted by Gasteiger charge is 2.20. The molecule has 2 aromatic rings. The summed E-state index contributed by atoms with van der Waals surface area (Å²) in [5.41, 5.74) is 1.64. The van der Waals surface area contributed by atoms with Crippen LogP contribution in [0, 0.1) is 0 Å². The van der Waals surface area contributed by atoms with Crippen LogP contribution in [0.1, 0.15) is 28.9 Å². The number of carbonyl (C=O) groups excluding carboxylic acids is 1. The van der Waals surface area contributed by atoms with Gasteiger partial charge < -0.3 is 10.4 Å². The Bertz CT molecular complexity index is 623. The van der Waals surface area contributed by atoms with Gasteiger partial charge in [0.15, 0.2) is 11.8 Å². The first kappa shape index (κ1) is 13.8. The van der Waals surface area contributed by atoms with Gasteiger partial charge in [-0.3, -0.25) is 4.79 Å². The SMILES string of the molecule is CC(=O)c1ccccc1NC(C(=O)O)c1ccccc1. The summed E-state index contributed by atoms with van der Waals surface area (Å²) in [6, 6.07) is 14.9. The molecule has 0 aliphatic rings. The highest BCUT2D eigenvalue weighted by atomic mass is 16.4. The fourth-order valence-corrected chi connectivity index (χ4v) is 2.00. The Labute approximate surface area is 117 Å². The molecule has 2 N–H and O–H groups in total. The third kappa shape index (κ3) is 3.03. The first-order valence-electron chi connectivity index (χ1n) is 6.24. The monoisotopic (exact) mass is 269 g/mol. The van der Waals surface area contributed by atoms with Gasteiger partial charge >= 0.3 is 5.97 Å². The van der Waals surface area contributed by atoms with Gasteiger partial charge in [0.1, 0.15) is 0 Å². The molecule has 2 aromatic carbocycles. The second-order valence-corrected chi connectivity index (χ2v) is 4.43. The number of hydrogen-bond acceptors (Lipinski definition) is 3. The van der Waals surface area contributed by atoms with E-state index in [-0.39, 0.29) is 5.78 Å². The van der Waals surface area contributed by atoms with Crippen molar-refractivity contribution in [1.29, 1.82) is 0 Å². The maximum absolute atomic E-state index is 11.6. The number of carboxylic acid groups (broad SMARTS) is 1. The summed E-state index contributed by atoms with van der Waals surface area (Å²) >= 11 is 0. The Morgan fingerprint density at radius 2 is 1.60 bits per heavy atom. The van der Waals surface area contributed by atoms with Crippen molar-refractivity contribution in [2.75, 3.05) is 5.32 Å². The molecule has 1 unspecified atom stereocenters. The number of Topliss-reactive ketones (excluding diaryl/α,β-unsaturated/α-hetero) is 1. The van der Waals surface area contributed by atoms with Crippen molar-refractivity contribution in [1.82, 2.24) is 0 Å². The Morgan fingerprint density at radius 1 is 1.00 bits per heavy atom. The molecule has 4 heteroatoms. The number of para-hydroxylation sites is 1. The summed E-state index contributed by atoms with van der Waals surface area (Å²) < 4.78 is 0. The number of hydrogen-bond donors (Lipinski definition) is 2. The molecule has 0 saturated carbocycles. The standard InChI is InChI=1S/C16H15NO3/c1-11(18)13-9-5-6-10-14(13)17-15(16(19)20)12-7-3-2-4-8-12/h2-10,15,17H,1H3,(H,19,20). The molecular formula is C16H15NO3. The quantitative estimate of drug-likeness (QED) is 0.818. The van der Waals surface area contributed by atoms with Gasteiger partial charge in [0.25, 0.3) is 0 Å². The van der Waals surface area contributed by atoms with Gasteiger partial charge in [-0.05, 0) is 24.6 Å². The third-order valence-corrected chi connectivity index (χ3v) is 2.99. The normalized spacial score (nSPS) is 11.7. The van der Waals surface area contributed by atoms with E-state index in [0.717, 1.165) is 0 Å². The van der Waals surface area contributed by atoms with Crippen LogP contribution in [-0.4, -0.2) is 16.9 Å². The van der Waals surface area contributed by atoms with Crippen molar-refractivity contribution in [3.05, 3.63) is 65.7 Å². The van der Waals surface area contributed by atoms with E-state index in [1.54, 1.807) is 48.5 Å². The molecule has 0 fully saturated rings. The van der Waals surface area contributed by atoms with Gasteiger partial charge in [-0.15, -0.1) is 0 Å². The summed E-state index contributed by atoms with van der Waals surface area (Å²) in [6.07, 6.45) is 0. The van der Waals surface area contributed by atoms with Crippen molar-refractivity contribution in [3.8, 4) is 0 Å². The highest BCUT2D eigenvalue weighted by molar-refractivity contribution is 6.00. The van der Waals surface area contributed by atoms with Crippen molar-refractivity contribution in [2.24, 2.45) is 0 Å². The maximum Gasteiger partial charge on any atom is 0.330 e. The maximum atomic E-state index is 11.6. The van der Waals surface area contributed by atoms with Gasteiger partial charge in [-0.25, -0.2) is 4.79 Å². The van der Waals surface area contributed by atoms with E-state index in [9.17, 15) is 14.7 Å². The molecular weight excluding hydrogens is 254 g/mol. The summed E-state index contributed by atoms with van der Waals surface area (Å²) in [7, 11) is 0. The minimum Gasteiger partial charge on any atom is -0.479 e. The number of anilines is 1. The molecule has 102 valence electrons. The number of carboxylic acids is 1. The lowest BCUT2D eigenvalue weighted by Crippen LogP contribution is -2.21. The van der Waals surface area contributed by atoms with Crippen LogP contribution in [0.3, 0.4) is 0 Å². The second kappa shape index (κ2) is 6.02. The zero-order valence-corrected chi connectivity index (χ0v) is 11.0. The van der Waals surface area contributed by atoms with Crippen molar-refractivity contribution >= 4 is 17.4 Å². The van der Waals surface area contributed by atoms with Gasteiger partial charge in [-0.1, -0.05) is 42.5 Å². The van der Waals surface area contributed by atoms with E-state index in [4.69, 9.17) is 0 Å². The molecule has 0 saturated heterocycles. The smallest absolute Gasteiger partial charge is 0.330 e. The summed E-state index contributed by atoms with van der Waals surface area (Å²) in [5.74, 6) is -1.10. The predicted molar refractivity (Wildman–Crippen MR) is 76.9 cm³/mol. The zero-order chi connectivity index (χ0) is 14.5. The third-order valence-electron chi connectivity index (χ3n) is 2.99. The lowest BCUT2D eigenvalue weighted by Gasteiger charge is -2.18. The van der Waals surface area contributed by atoms with Crippen LogP contribution in [0.2, 0.25) is 0 Å². The van der Waals surface area contributed by atoms with E-state index in [1.807, 2.05) is 6.07 Å². The number of nitrogens with one attached hydrogen (secondary N) is 1. The molecule has 0 bridgehead atoms. The van der Waals surface area contributed by atoms with Gasteiger partial charge in [0.2, 0.25) is 0 Å². The molecule has 1 atom stereocenters. The van der Waals surface area contributed by atoms with E-state index in [0.29, 0.717) is 16.8 Å². The Hall–Kier alpha value is -2.62. The van der Waals surface area contributed by atoms with Crippen LogP contribution in [0.15, 0.2) is 54.6 Å². The molecule has 0 aliphatic carbocycles. The summed E-state index contributed by atoms with van der Waals surface area (Å²) in [4.78, 5) is 23.0. The molecule has 0 radical (unpaired) electrons. The average Bonchev–Trinajstić information content (AvgIpc) is 2.45. The van der Waals surface area contributed by atoms with Crippen LogP contribution < -0.4 is 5.32 Å². The first-order chi connectivity index (χ1) is 9.59. The first-order valence-corrected chi connectivity index (χ1v) is 6.24. The van der Waals surface area contributed by atoms with E-state index in [2.05, 4.69) is 5.32 Å². The fourth-order valence-electron chi connectivity index (χ4n) is 2.00. The molecule has 0 spiro atoms. The van der Waals surface area contributed by atoms with E-state index in [1.165, 1.54) is 6.92 Å². The molecule has 20 heavy (non-hydrogen) atoms. The lowest BCUT2D eigenvalue weighted by molar-refractivity contribution is -0.138. The Kier molecular flexibility index (Phi) is 4.15. The topological polar surface area (TPSA) is 66.4 Å². The molecule has 0 aliphatic heterocycles. The molecule has 2 rings (SSSR count). The van der Waals surface area contributed by atoms with Crippen LogP contribution in [0.5, 0.6) is 0 Å². The number of rotatable bonds is 5. The average molecular weight is 269 g/mol. The highest BCUT2D eigenvalue weighted by Crippen LogP contribution is 2.23. The Morgan fingerprint density at radius 3 is 2.20 bits per heavy atom. The molecule has 0 amide bonds. The fraction of sp³-hybridized carbons (Fsp3) is 0.125. The molecule has 0 aromatic heterocycles. The zero-order valence-electron chi connectivity index (χ0n) is 11.0. The van der Waals surface area contributed by atoms with Crippen LogP contribution >= 0.6 is 0 Å². The van der Waals surface area contributed by atoms with Crippen LogP contribution in [0.25, 0.3) is 0 Å². The predicted octanol–water partition coefficient (Wildman–Crippen LogP) is 3.13. The molecule has 0 heterocycles.